The Bertz CT molecular complexity index is 810. The zero-order valence-corrected chi connectivity index (χ0v) is 8.42. The van der Waals surface area contributed by atoms with Gasteiger partial charge in [0.05, 0.1) is 18.0 Å². The fourth-order valence-corrected chi connectivity index (χ4v) is 2.13. The fourth-order valence-electron chi connectivity index (χ4n) is 2.13. The minimum atomic E-state index is 0.814. The van der Waals surface area contributed by atoms with Crippen molar-refractivity contribution in [2.24, 2.45) is 0 Å². The van der Waals surface area contributed by atoms with Gasteiger partial charge in [-0.15, -0.1) is 0 Å². The van der Waals surface area contributed by atoms with Gasteiger partial charge in [-0.1, -0.05) is 18.2 Å². The maximum atomic E-state index is 5.36. The van der Waals surface area contributed by atoms with Gasteiger partial charge in [0.15, 0.2) is 5.58 Å². The molecule has 0 aliphatic rings. The van der Waals surface area contributed by atoms with Crippen molar-refractivity contribution in [2.75, 3.05) is 0 Å². The molecule has 0 fully saturated rings. The SMILES string of the molecule is c1ccc2c(c1)cc1nc3ccoc3cn12. The molecule has 0 spiro atoms. The Kier molecular flexibility index (Phi) is 1.31. The first-order valence-corrected chi connectivity index (χ1v) is 5.16. The smallest absolute Gasteiger partial charge is 0.168 e. The highest BCUT2D eigenvalue weighted by Gasteiger charge is 2.05. The Hall–Kier alpha value is -2.29. The number of rotatable bonds is 0. The van der Waals surface area contributed by atoms with Crippen LogP contribution in [-0.2, 0) is 0 Å². The van der Waals surface area contributed by atoms with Crippen LogP contribution < -0.4 is 0 Å². The van der Waals surface area contributed by atoms with Gasteiger partial charge in [0, 0.05) is 11.5 Å². The Morgan fingerprint density at radius 2 is 2.06 bits per heavy atom. The summed E-state index contributed by atoms with van der Waals surface area (Å²) in [5.41, 5.74) is 3.82. The standard InChI is InChI=1S/C13H8N2O/c1-2-4-11-9(3-1)7-13-14-10-5-6-16-12(10)8-15(11)13/h1-8H. The molecular formula is C13H8N2O. The summed E-state index contributed by atoms with van der Waals surface area (Å²) in [7, 11) is 0. The van der Waals surface area contributed by atoms with E-state index in [4.69, 9.17) is 4.42 Å². The van der Waals surface area contributed by atoms with Crippen molar-refractivity contribution >= 4 is 27.6 Å². The molecule has 0 amide bonds. The Balaban J connectivity index is 2.32. The average Bonchev–Trinajstić information content (AvgIpc) is 2.88. The molecule has 16 heavy (non-hydrogen) atoms. The summed E-state index contributed by atoms with van der Waals surface area (Å²) in [5.74, 6) is 0. The van der Waals surface area contributed by atoms with E-state index >= 15 is 0 Å². The van der Waals surface area contributed by atoms with Crippen LogP contribution >= 0.6 is 0 Å². The van der Waals surface area contributed by atoms with Crippen LogP contribution in [0.1, 0.15) is 0 Å². The molecule has 0 radical (unpaired) electrons. The normalized spacial score (nSPS) is 11.8. The monoisotopic (exact) mass is 208 g/mol. The number of aromatic nitrogens is 2. The van der Waals surface area contributed by atoms with Crippen molar-refractivity contribution in [1.29, 1.82) is 0 Å². The number of hydrogen-bond acceptors (Lipinski definition) is 2. The second kappa shape index (κ2) is 2.64. The first-order chi connectivity index (χ1) is 7.92. The highest BCUT2D eigenvalue weighted by Crippen LogP contribution is 2.22. The topological polar surface area (TPSA) is 30.4 Å². The summed E-state index contributed by atoms with van der Waals surface area (Å²) in [6.07, 6.45) is 3.65. The van der Waals surface area contributed by atoms with Gasteiger partial charge in [0.25, 0.3) is 0 Å². The molecule has 3 heterocycles. The van der Waals surface area contributed by atoms with Crippen LogP contribution in [0.25, 0.3) is 27.6 Å². The quantitative estimate of drug-likeness (QED) is 0.444. The van der Waals surface area contributed by atoms with Gasteiger partial charge < -0.3 is 4.42 Å². The lowest BCUT2D eigenvalue weighted by molar-refractivity contribution is 0.613. The molecule has 3 nitrogen and oxygen atoms in total. The summed E-state index contributed by atoms with van der Waals surface area (Å²) < 4.78 is 7.42. The van der Waals surface area contributed by atoms with E-state index in [9.17, 15) is 0 Å². The fraction of sp³-hybridized carbons (Fsp3) is 0. The highest BCUT2D eigenvalue weighted by atomic mass is 16.3. The third-order valence-corrected chi connectivity index (χ3v) is 2.88. The molecule has 0 N–H and O–H groups in total. The van der Waals surface area contributed by atoms with E-state index in [1.54, 1.807) is 6.26 Å². The molecule has 76 valence electrons. The van der Waals surface area contributed by atoms with Gasteiger partial charge in [-0.2, -0.15) is 0 Å². The molecule has 0 atom stereocenters. The van der Waals surface area contributed by atoms with Gasteiger partial charge in [-0.3, -0.25) is 4.40 Å². The number of nitrogens with zero attached hydrogens (tertiary/aromatic N) is 2. The number of hydrogen-bond donors (Lipinski definition) is 0. The van der Waals surface area contributed by atoms with Crippen LogP contribution in [-0.4, -0.2) is 9.38 Å². The molecule has 4 rings (SSSR count). The van der Waals surface area contributed by atoms with E-state index in [1.165, 1.54) is 5.39 Å². The molecule has 0 aliphatic heterocycles. The predicted octanol–water partition coefficient (Wildman–Crippen LogP) is 3.23. The molecule has 0 aliphatic carbocycles. The Morgan fingerprint density at radius 3 is 3.06 bits per heavy atom. The first-order valence-electron chi connectivity index (χ1n) is 5.16. The molecule has 4 aromatic rings. The van der Waals surface area contributed by atoms with Crippen LogP contribution in [0.3, 0.4) is 0 Å². The largest absolute Gasteiger partial charge is 0.461 e. The third-order valence-electron chi connectivity index (χ3n) is 2.88. The highest BCUT2D eigenvalue weighted by molar-refractivity contribution is 5.88. The summed E-state index contributed by atoms with van der Waals surface area (Å²) >= 11 is 0. The minimum Gasteiger partial charge on any atom is -0.461 e. The average molecular weight is 208 g/mol. The lowest BCUT2D eigenvalue weighted by atomic mass is 10.2. The van der Waals surface area contributed by atoms with Crippen molar-refractivity contribution in [3.63, 3.8) is 0 Å². The van der Waals surface area contributed by atoms with Gasteiger partial charge in [-0.05, 0) is 12.1 Å². The van der Waals surface area contributed by atoms with Crippen LogP contribution in [0.4, 0.5) is 0 Å². The van der Waals surface area contributed by atoms with Gasteiger partial charge in [-0.25, -0.2) is 4.98 Å². The maximum absolute atomic E-state index is 5.36. The molecule has 0 bridgehead atoms. The third kappa shape index (κ3) is 0.896. The van der Waals surface area contributed by atoms with Crippen molar-refractivity contribution in [3.8, 4) is 0 Å². The van der Waals surface area contributed by atoms with E-state index < -0.39 is 0 Å². The lowest BCUT2D eigenvalue weighted by Crippen LogP contribution is -1.86. The van der Waals surface area contributed by atoms with Gasteiger partial charge in [0.1, 0.15) is 11.2 Å². The van der Waals surface area contributed by atoms with Crippen LogP contribution in [0.15, 0.2) is 53.3 Å². The van der Waals surface area contributed by atoms with Crippen LogP contribution in [0, 0.1) is 0 Å². The van der Waals surface area contributed by atoms with Crippen molar-refractivity contribution in [3.05, 3.63) is 48.9 Å². The van der Waals surface area contributed by atoms with Crippen LogP contribution in [0.5, 0.6) is 0 Å². The second-order valence-corrected chi connectivity index (χ2v) is 3.84. The van der Waals surface area contributed by atoms with E-state index in [2.05, 4.69) is 27.6 Å². The van der Waals surface area contributed by atoms with E-state index in [-0.39, 0.29) is 0 Å². The van der Waals surface area contributed by atoms with E-state index in [0.717, 1.165) is 22.3 Å². The Morgan fingerprint density at radius 1 is 1.12 bits per heavy atom. The molecule has 3 aromatic heterocycles. The molecule has 0 unspecified atom stereocenters. The summed E-state index contributed by atoms with van der Waals surface area (Å²) in [5, 5.41) is 1.20. The van der Waals surface area contributed by atoms with Crippen molar-refractivity contribution in [2.45, 2.75) is 0 Å². The summed E-state index contributed by atoms with van der Waals surface area (Å²) in [6.45, 7) is 0. The zero-order chi connectivity index (χ0) is 10.5. The number of benzene rings is 1. The molecule has 0 saturated carbocycles. The zero-order valence-electron chi connectivity index (χ0n) is 8.42. The first kappa shape index (κ1) is 7.93. The second-order valence-electron chi connectivity index (χ2n) is 3.84. The number of para-hydroxylation sites is 1. The van der Waals surface area contributed by atoms with Crippen molar-refractivity contribution in [1.82, 2.24) is 9.38 Å². The molecule has 3 heteroatoms. The molecule has 1 aromatic carbocycles. The molecule has 0 saturated heterocycles. The van der Waals surface area contributed by atoms with Crippen molar-refractivity contribution < 1.29 is 4.42 Å². The Labute approximate surface area is 90.9 Å². The lowest BCUT2D eigenvalue weighted by Gasteiger charge is -1.95. The maximum Gasteiger partial charge on any atom is 0.168 e. The van der Waals surface area contributed by atoms with Crippen LogP contribution in [0.2, 0.25) is 0 Å². The van der Waals surface area contributed by atoms with E-state index in [0.29, 0.717) is 0 Å². The predicted molar refractivity (Wildman–Crippen MR) is 62.5 cm³/mol. The number of furan rings is 1. The van der Waals surface area contributed by atoms with Gasteiger partial charge in [0.2, 0.25) is 0 Å². The van der Waals surface area contributed by atoms with E-state index in [1.807, 2.05) is 24.4 Å². The molecular weight excluding hydrogens is 200 g/mol. The number of fused-ring (bicyclic) bond motifs is 4. The summed E-state index contributed by atoms with van der Waals surface area (Å²) in [4.78, 5) is 4.54. The van der Waals surface area contributed by atoms with Gasteiger partial charge >= 0.3 is 0 Å². The summed E-state index contributed by atoms with van der Waals surface area (Å²) in [6, 6.07) is 12.2. The minimum absolute atomic E-state index is 0.814.